The fourth-order valence-corrected chi connectivity index (χ4v) is 3.87. The normalized spacial score (nSPS) is 11.6. The van der Waals surface area contributed by atoms with Crippen molar-refractivity contribution in [1.82, 2.24) is 4.98 Å². The Balaban J connectivity index is 1.59. The molecule has 1 aromatic heterocycles. The van der Waals surface area contributed by atoms with Crippen LogP contribution >= 0.6 is 0 Å². The highest BCUT2D eigenvalue weighted by molar-refractivity contribution is 7.92. The van der Waals surface area contributed by atoms with Crippen LogP contribution in [0.15, 0.2) is 77.7 Å². The number of aromatic nitrogens is 1. The van der Waals surface area contributed by atoms with Gasteiger partial charge in [-0.1, -0.05) is 30.3 Å². The number of hydrogen-bond acceptors (Lipinski definition) is 2. The first-order valence-electron chi connectivity index (χ1n) is 8.08. The van der Waals surface area contributed by atoms with E-state index in [9.17, 15) is 17.2 Å². The summed E-state index contributed by atoms with van der Waals surface area (Å²) in [5, 5.41) is 1.08. The Morgan fingerprint density at radius 1 is 0.815 bits per heavy atom. The molecule has 0 saturated carbocycles. The van der Waals surface area contributed by atoms with Gasteiger partial charge in [0.2, 0.25) is 0 Å². The van der Waals surface area contributed by atoms with Gasteiger partial charge in [-0.3, -0.25) is 4.72 Å². The van der Waals surface area contributed by atoms with E-state index in [0.29, 0.717) is 11.8 Å². The minimum atomic E-state index is -4.02. The zero-order chi connectivity index (χ0) is 19.0. The Kier molecular flexibility index (Phi) is 4.16. The highest BCUT2D eigenvalue weighted by Gasteiger charge is 2.16. The van der Waals surface area contributed by atoms with E-state index >= 15 is 0 Å². The van der Waals surface area contributed by atoms with Crippen molar-refractivity contribution in [1.29, 1.82) is 0 Å². The van der Waals surface area contributed by atoms with Crippen molar-refractivity contribution in [2.45, 2.75) is 4.90 Å². The number of halogens is 2. The van der Waals surface area contributed by atoms with Gasteiger partial charge in [0.25, 0.3) is 10.0 Å². The Bertz CT molecular complexity index is 1200. The summed E-state index contributed by atoms with van der Waals surface area (Å²) in [4.78, 5) is 2.95. The molecule has 0 amide bonds. The van der Waals surface area contributed by atoms with Crippen molar-refractivity contribution in [3.05, 3.63) is 84.4 Å². The van der Waals surface area contributed by atoms with Gasteiger partial charge in [0.05, 0.1) is 4.90 Å². The van der Waals surface area contributed by atoms with Crippen LogP contribution in [0.5, 0.6) is 0 Å². The number of sulfonamides is 1. The zero-order valence-electron chi connectivity index (χ0n) is 13.9. The fourth-order valence-electron chi connectivity index (χ4n) is 2.80. The number of rotatable bonds is 4. The first kappa shape index (κ1) is 17.2. The number of hydrogen-bond donors (Lipinski definition) is 2. The third kappa shape index (κ3) is 3.41. The van der Waals surface area contributed by atoms with Crippen LogP contribution in [0, 0.1) is 11.6 Å². The highest BCUT2D eigenvalue weighted by Crippen LogP contribution is 2.26. The van der Waals surface area contributed by atoms with E-state index in [4.69, 9.17) is 0 Å². The van der Waals surface area contributed by atoms with Gasteiger partial charge < -0.3 is 4.98 Å². The van der Waals surface area contributed by atoms with E-state index in [1.165, 1.54) is 0 Å². The van der Waals surface area contributed by atoms with Crippen LogP contribution in [0.25, 0.3) is 22.2 Å². The van der Waals surface area contributed by atoms with Crippen LogP contribution in [0.1, 0.15) is 0 Å². The molecular weight excluding hydrogens is 370 g/mol. The number of nitrogens with one attached hydrogen (secondary N) is 2. The first-order valence-corrected chi connectivity index (χ1v) is 9.57. The lowest BCUT2D eigenvalue weighted by atomic mass is 10.1. The summed E-state index contributed by atoms with van der Waals surface area (Å²) in [5.74, 6) is -2.32. The summed E-state index contributed by atoms with van der Waals surface area (Å²) in [6.07, 6.45) is 0. The molecule has 4 rings (SSSR count). The number of para-hydroxylation sites is 1. The van der Waals surface area contributed by atoms with Crippen molar-refractivity contribution in [3.63, 3.8) is 0 Å². The van der Waals surface area contributed by atoms with Crippen molar-refractivity contribution < 1.29 is 17.2 Å². The maximum Gasteiger partial charge on any atom is 0.261 e. The zero-order valence-corrected chi connectivity index (χ0v) is 14.7. The average molecular weight is 384 g/mol. The van der Waals surface area contributed by atoms with Crippen molar-refractivity contribution in [3.8, 4) is 11.3 Å². The van der Waals surface area contributed by atoms with E-state index in [-0.39, 0.29) is 4.90 Å². The highest BCUT2D eigenvalue weighted by atomic mass is 32.2. The Morgan fingerprint density at radius 2 is 1.56 bits per heavy atom. The van der Waals surface area contributed by atoms with Crippen molar-refractivity contribution in [2.24, 2.45) is 0 Å². The summed E-state index contributed by atoms with van der Waals surface area (Å²) in [5.41, 5.74) is 3.13. The standard InChI is InChI=1S/C20H14F2N2O2S/c21-17-10-9-16(12-18(17)22)27(25,26)24-15-7-5-13(6-8-15)20-11-14-3-1-2-4-19(14)23-20/h1-12,23-24H. The Labute approximate surface area is 154 Å². The number of H-pyrrole nitrogens is 1. The van der Waals surface area contributed by atoms with Gasteiger partial charge in [0.15, 0.2) is 11.6 Å². The topological polar surface area (TPSA) is 62.0 Å². The molecule has 4 aromatic rings. The molecule has 0 aliphatic heterocycles. The summed E-state index contributed by atoms with van der Waals surface area (Å²) in [6, 6.07) is 19.1. The predicted molar refractivity (Wildman–Crippen MR) is 101 cm³/mol. The van der Waals surface area contributed by atoms with Gasteiger partial charge in [-0.25, -0.2) is 17.2 Å². The number of benzene rings is 3. The third-order valence-electron chi connectivity index (χ3n) is 4.18. The summed E-state index contributed by atoms with van der Waals surface area (Å²) in [7, 11) is -4.02. The maximum atomic E-state index is 13.3. The summed E-state index contributed by atoms with van der Waals surface area (Å²) in [6.45, 7) is 0. The van der Waals surface area contributed by atoms with Crippen LogP contribution in [0.3, 0.4) is 0 Å². The molecular formula is C20H14F2N2O2S. The molecule has 1 heterocycles. The molecule has 27 heavy (non-hydrogen) atoms. The Morgan fingerprint density at radius 3 is 2.26 bits per heavy atom. The van der Waals surface area contributed by atoms with Crippen LogP contribution in [-0.2, 0) is 10.0 Å². The van der Waals surface area contributed by atoms with Gasteiger partial charge in [-0.2, -0.15) is 0 Å². The third-order valence-corrected chi connectivity index (χ3v) is 5.56. The number of aromatic amines is 1. The lowest BCUT2D eigenvalue weighted by molar-refractivity contribution is 0.504. The second kappa shape index (κ2) is 6.51. The molecule has 0 aliphatic rings. The average Bonchev–Trinajstić information content (AvgIpc) is 3.08. The predicted octanol–water partition coefficient (Wildman–Crippen LogP) is 4.91. The van der Waals surface area contributed by atoms with Crippen molar-refractivity contribution >= 4 is 26.6 Å². The molecule has 0 aliphatic carbocycles. The summed E-state index contributed by atoms with van der Waals surface area (Å²) >= 11 is 0. The lowest BCUT2D eigenvalue weighted by Gasteiger charge is -2.09. The van der Waals surface area contributed by atoms with E-state index < -0.39 is 21.7 Å². The SMILES string of the molecule is O=S(=O)(Nc1ccc(-c2cc3ccccc3[nH]2)cc1)c1ccc(F)c(F)c1. The monoisotopic (exact) mass is 384 g/mol. The second-order valence-corrected chi connectivity index (χ2v) is 7.71. The summed E-state index contributed by atoms with van der Waals surface area (Å²) < 4.78 is 53.3. The molecule has 136 valence electrons. The lowest BCUT2D eigenvalue weighted by Crippen LogP contribution is -2.13. The molecule has 4 nitrogen and oxygen atoms in total. The molecule has 0 spiro atoms. The minimum absolute atomic E-state index is 0.319. The van der Waals surface area contributed by atoms with Crippen LogP contribution in [0.2, 0.25) is 0 Å². The maximum absolute atomic E-state index is 13.3. The molecule has 2 N–H and O–H groups in total. The molecule has 0 atom stereocenters. The molecule has 0 fully saturated rings. The van der Waals surface area contributed by atoms with E-state index in [1.54, 1.807) is 24.3 Å². The van der Waals surface area contributed by atoms with Gasteiger partial charge in [-0.05, 0) is 48.0 Å². The van der Waals surface area contributed by atoms with E-state index in [2.05, 4.69) is 9.71 Å². The van der Waals surface area contributed by atoms with E-state index in [0.717, 1.165) is 34.3 Å². The molecule has 0 radical (unpaired) electrons. The first-order chi connectivity index (χ1) is 12.9. The van der Waals surface area contributed by atoms with Gasteiger partial charge >= 0.3 is 0 Å². The number of fused-ring (bicyclic) bond motifs is 1. The van der Waals surface area contributed by atoms with Crippen LogP contribution in [0.4, 0.5) is 14.5 Å². The van der Waals surface area contributed by atoms with Gasteiger partial charge in [-0.15, -0.1) is 0 Å². The number of anilines is 1. The Hall–Kier alpha value is -3.19. The van der Waals surface area contributed by atoms with E-state index in [1.807, 2.05) is 30.3 Å². The van der Waals surface area contributed by atoms with Gasteiger partial charge in [0.1, 0.15) is 0 Å². The van der Waals surface area contributed by atoms with Crippen molar-refractivity contribution in [2.75, 3.05) is 4.72 Å². The molecule has 7 heteroatoms. The molecule has 0 saturated heterocycles. The van der Waals surface area contributed by atoms with Crippen LogP contribution < -0.4 is 4.72 Å². The quantitative estimate of drug-likeness (QED) is 0.525. The van der Waals surface area contributed by atoms with Gasteiger partial charge in [0, 0.05) is 22.3 Å². The smallest absolute Gasteiger partial charge is 0.261 e. The molecule has 3 aromatic carbocycles. The minimum Gasteiger partial charge on any atom is -0.355 e. The fraction of sp³-hybridized carbons (Fsp3) is 0. The largest absolute Gasteiger partial charge is 0.355 e. The molecule has 0 unspecified atom stereocenters. The van der Waals surface area contributed by atoms with Crippen LogP contribution in [-0.4, -0.2) is 13.4 Å². The molecule has 0 bridgehead atoms. The second-order valence-electron chi connectivity index (χ2n) is 6.03.